The Kier molecular flexibility index (Phi) is 6.59. The summed E-state index contributed by atoms with van der Waals surface area (Å²) in [7, 11) is -1.69. The molecule has 0 aliphatic carbocycles. The monoisotopic (exact) mass is 365 g/mol. The van der Waals surface area contributed by atoms with Crippen molar-refractivity contribution in [3.8, 4) is 0 Å². The number of nitrogens with one attached hydrogen (secondary N) is 1. The van der Waals surface area contributed by atoms with Gasteiger partial charge < -0.3 is 20.1 Å². The Bertz CT molecular complexity index is 572. The zero-order chi connectivity index (χ0) is 18.7. The van der Waals surface area contributed by atoms with Gasteiger partial charge in [0.2, 0.25) is 0 Å². The van der Waals surface area contributed by atoms with Gasteiger partial charge in [-0.2, -0.15) is 0 Å². The molecule has 1 fully saturated rings. The number of carboxylic acids is 1. The first-order chi connectivity index (χ1) is 10.8. The van der Waals surface area contributed by atoms with Gasteiger partial charge >= 0.3 is 12.1 Å². The number of alkyl carbamates (subject to hydrolysis) is 1. The van der Waals surface area contributed by atoms with Crippen LogP contribution in [0.15, 0.2) is 0 Å². The number of piperazine rings is 1. The molecule has 0 aromatic carbocycles. The molecule has 1 aliphatic rings. The fraction of sp³-hybridized carbons (Fsp3) is 0.857. The maximum Gasteiger partial charge on any atom is 0.407 e. The van der Waals surface area contributed by atoms with Gasteiger partial charge in [0.25, 0.3) is 0 Å². The van der Waals surface area contributed by atoms with Crippen molar-refractivity contribution in [3.05, 3.63) is 0 Å². The zero-order valence-electron chi connectivity index (χ0n) is 14.8. The van der Waals surface area contributed by atoms with Gasteiger partial charge in [0, 0.05) is 32.4 Å². The molecule has 1 rings (SSSR count). The molecule has 1 aliphatic heterocycles. The number of amides is 1. The van der Waals surface area contributed by atoms with E-state index in [1.807, 2.05) is 4.90 Å². The Morgan fingerprint density at radius 1 is 1.33 bits per heavy atom. The van der Waals surface area contributed by atoms with Crippen molar-refractivity contribution in [2.45, 2.75) is 37.8 Å². The largest absolute Gasteiger partial charge is 0.480 e. The molecule has 140 valence electrons. The van der Waals surface area contributed by atoms with Crippen LogP contribution < -0.4 is 5.32 Å². The van der Waals surface area contributed by atoms with Crippen molar-refractivity contribution >= 4 is 21.9 Å². The molecule has 2 atom stereocenters. The van der Waals surface area contributed by atoms with Crippen molar-refractivity contribution in [1.29, 1.82) is 0 Å². The topological polar surface area (TPSA) is 116 Å². The molecule has 0 radical (unpaired) electrons. The van der Waals surface area contributed by atoms with Gasteiger partial charge in [-0.05, 0) is 27.8 Å². The molecular formula is C14H27N3O6S. The molecule has 2 N–H and O–H groups in total. The van der Waals surface area contributed by atoms with Crippen molar-refractivity contribution in [2.75, 3.05) is 39.5 Å². The highest BCUT2D eigenvalue weighted by Gasteiger charge is 2.40. The average Bonchev–Trinajstić information content (AvgIpc) is 2.36. The van der Waals surface area contributed by atoms with Gasteiger partial charge in [-0.3, -0.25) is 9.69 Å². The lowest BCUT2D eigenvalue weighted by Gasteiger charge is -2.41. The second-order valence-electron chi connectivity index (χ2n) is 7.02. The molecule has 1 unspecified atom stereocenters. The van der Waals surface area contributed by atoms with E-state index in [1.165, 1.54) is 4.90 Å². The predicted octanol–water partition coefficient (Wildman–Crippen LogP) is -0.418. The normalized spacial score (nSPS) is 22.0. The van der Waals surface area contributed by atoms with E-state index in [-0.39, 0.29) is 19.6 Å². The first-order valence-electron chi connectivity index (χ1n) is 7.64. The Morgan fingerprint density at radius 3 is 2.38 bits per heavy atom. The molecule has 9 nitrogen and oxygen atoms in total. The number of rotatable bonds is 5. The van der Waals surface area contributed by atoms with Gasteiger partial charge in [-0.1, -0.05) is 0 Å². The number of carbonyl (C=O) groups is 2. The SMILES string of the molecule is CN1CCN([C@@H](CNC(=O)OC(C)(C)C)C(=O)O)C(S(C)(=O)=O)C1. The summed E-state index contributed by atoms with van der Waals surface area (Å²) in [6, 6.07) is -1.15. The molecule has 0 spiro atoms. The summed E-state index contributed by atoms with van der Waals surface area (Å²) in [5, 5.41) is 11.0. The van der Waals surface area contributed by atoms with Gasteiger partial charge in [-0.25, -0.2) is 13.2 Å². The zero-order valence-corrected chi connectivity index (χ0v) is 15.6. The Hall–Kier alpha value is -1.39. The standard InChI is InChI=1S/C14H27N3O6S/c1-14(2,3)23-13(20)15-8-10(12(18)19)17-7-6-16(4)9-11(17)24(5,21)22/h10-11H,6-9H2,1-5H3,(H,15,20)(H,18,19)/t10-,11?/m0/s1. The summed E-state index contributed by atoms with van der Waals surface area (Å²) < 4.78 is 29.1. The minimum Gasteiger partial charge on any atom is -0.480 e. The van der Waals surface area contributed by atoms with E-state index in [0.717, 1.165) is 6.26 Å². The molecule has 0 bridgehead atoms. The van der Waals surface area contributed by atoms with Gasteiger partial charge in [0.15, 0.2) is 9.84 Å². The smallest absolute Gasteiger partial charge is 0.407 e. The number of ether oxygens (including phenoxy) is 1. The first-order valence-corrected chi connectivity index (χ1v) is 9.59. The summed E-state index contributed by atoms with van der Waals surface area (Å²) in [6.45, 7) is 5.89. The molecule has 10 heteroatoms. The van der Waals surface area contributed by atoms with Gasteiger partial charge in [0.05, 0.1) is 0 Å². The number of sulfone groups is 1. The number of hydrogen-bond acceptors (Lipinski definition) is 7. The van der Waals surface area contributed by atoms with Crippen LogP contribution in [0.5, 0.6) is 0 Å². The van der Waals surface area contributed by atoms with Crippen LogP contribution in [-0.2, 0) is 19.4 Å². The quantitative estimate of drug-likeness (QED) is 0.675. The first kappa shape index (κ1) is 20.7. The van der Waals surface area contributed by atoms with Crippen LogP contribution in [0.4, 0.5) is 4.79 Å². The summed E-state index contributed by atoms with van der Waals surface area (Å²) in [6.07, 6.45) is 0.350. The number of likely N-dealkylation sites (N-methyl/N-ethyl adjacent to an activating group) is 1. The number of nitrogens with zero attached hydrogens (tertiary/aromatic N) is 2. The van der Waals surface area contributed by atoms with E-state index in [9.17, 15) is 23.1 Å². The molecule has 0 saturated carbocycles. The van der Waals surface area contributed by atoms with E-state index in [4.69, 9.17) is 4.74 Å². The summed E-state index contributed by atoms with van der Waals surface area (Å²) in [5.74, 6) is -1.19. The summed E-state index contributed by atoms with van der Waals surface area (Å²) in [5.41, 5.74) is -0.702. The van der Waals surface area contributed by atoms with Crippen molar-refractivity contribution in [1.82, 2.24) is 15.1 Å². The third-order valence-corrected chi connectivity index (χ3v) is 5.00. The fourth-order valence-electron chi connectivity index (χ4n) is 2.47. The van der Waals surface area contributed by atoms with Crippen LogP contribution in [0.3, 0.4) is 0 Å². The third kappa shape index (κ3) is 6.25. The summed E-state index contributed by atoms with van der Waals surface area (Å²) >= 11 is 0. The highest BCUT2D eigenvalue weighted by atomic mass is 32.2. The van der Waals surface area contributed by atoms with Crippen LogP contribution in [0.1, 0.15) is 20.8 Å². The molecule has 0 aromatic rings. The maximum atomic E-state index is 12.0. The van der Waals surface area contributed by atoms with E-state index >= 15 is 0 Å². The van der Waals surface area contributed by atoms with Crippen LogP contribution in [0.2, 0.25) is 0 Å². The van der Waals surface area contributed by atoms with Crippen LogP contribution in [0.25, 0.3) is 0 Å². The van der Waals surface area contributed by atoms with Crippen molar-refractivity contribution < 1.29 is 27.9 Å². The van der Waals surface area contributed by atoms with E-state index in [2.05, 4.69) is 5.32 Å². The molecule has 1 heterocycles. The molecule has 0 aromatic heterocycles. The Labute approximate surface area is 142 Å². The van der Waals surface area contributed by atoms with Crippen LogP contribution in [-0.4, -0.2) is 91.9 Å². The lowest BCUT2D eigenvalue weighted by Crippen LogP contribution is -2.62. The van der Waals surface area contributed by atoms with Gasteiger partial charge in [-0.15, -0.1) is 0 Å². The number of aliphatic carboxylic acids is 1. The third-order valence-electron chi connectivity index (χ3n) is 3.60. The lowest BCUT2D eigenvalue weighted by molar-refractivity contribution is -0.144. The van der Waals surface area contributed by atoms with Crippen LogP contribution >= 0.6 is 0 Å². The van der Waals surface area contributed by atoms with E-state index in [1.54, 1.807) is 27.8 Å². The Balaban J connectivity index is 2.86. The molecule has 24 heavy (non-hydrogen) atoms. The lowest BCUT2D eigenvalue weighted by atomic mass is 10.2. The van der Waals surface area contributed by atoms with Gasteiger partial charge in [0.1, 0.15) is 17.0 Å². The fourth-order valence-corrected chi connectivity index (χ4v) is 3.74. The molecule has 1 amide bonds. The number of hydrogen-bond donors (Lipinski definition) is 2. The number of carboxylic acid groups (broad SMARTS) is 1. The highest BCUT2D eigenvalue weighted by molar-refractivity contribution is 7.91. The number of carbonyl (C=O) groups excluding carboxylic acids is 1. The van der Waals surface area contributed by atoms with E-state index < -0.39 is 38.9 Å². The van der Waals surface area contributed by atoms with Crippen molar-refractivity contribution in [3.63, 3.8) is 0 Å². The Morgan fingerprint density at radius 2 is 1.92 bits per heavy atom. The van der Waals surface area contributed by atoms with Crippen molar-refractivity contribution in [2.24, 2.45) is 0 Å². The molecule has 1 saturated heterocycles. The second kappa shape index (κ2) is 7.66. The minimum atomic E-state index is -3.48. The predicted molar refractivity (Wildman–Crippen MR) is 88.5 cm³/mol. The second-order valence-corrected chi connectivity index (χ2v) is 9.22. The summed E-state index contributed by atoms with van der Waals surface area (Å²) in [4.78, 5) is 26.6. The minimum absolute atomic E-state index is 0.217. The maximum absolute atomic E-state index is 12.0. The highest BCUT2D eigenvalue weighted by Crippen LogP contribution is 2.17. The van der Waals surface area contributed by atoms with Crippen LogP contribution in [0, 0.1) is 0 Å². The average molecular weight is 365 g/mol. The molecular weight excluding hydrogens is 338 g/mol. The van der Waals surface area contributed by atoms with E-state index in [0.29, 0.717) is 6.54 Å².